The first-order valence-electron chi connectivity index (χ1n) is 4.62. The van der Waals surface area contributed by atoms with Crippen LogP contribution in [-0.2, 0) is 0 Å². The minimum Gasteiger partial charge on any atom is -0.0622 e. The lowest BCUT2D eigenvalue weighted by molar-refractivity contribution is -0.0988. The maximum Gasteiger partial charge on any atom is -0.0295 e. The molecular formula is C10H18. The van der Waals surface area contributed by atoms with Gasteiger partial charge in [-0.25, -0.2) is 0 Å². The van der Waals surface area contributed by atoms with Gasteiger partial charge in [0.25, 0.3) is 0 Å². The maximum absolute atomic E-state index is 2.46. The van der Waals surface area contributed by atoms with Crippen molar-refractivity contribution in [3.63, 3.8) is 0 Å². The molecule has 0 aromatic carbocycles. The van der Waals surface area contributed by atoms with Crippen molar-refractivity contribution in [2.45, 2.75) is 40.0 Å². The zero-order valence-corrected chi connectivity index (χ0v) is 7.35. The summed E-state index contributed by atoms with van der Waals surface area (Å²) >= 11 is 0. The highest BCUT2D eigenvalue weighted by Gasteiger charge is 2.52. The molecule has 0 aromatic heterocycles. The molecule has 0 nitrogen and oxygen atoms in total. The third-order valence-corrected chi connectivity index (χ3v) is 4.20. The van der Waals surface area contributed by atoms with Crippen LogP contribution in [0.2, 0.25) is 0 Å². The smallest absolute Gasteiger partial charge is 0.0295 e. The van der Waals surface area contributed by atoms with E-state index in [4.69, 9.17) is 0 Å². The second-order valence-corrected chi connectivity index (χ2v) is 4.92. The topological polar surface area (TPSA) is 0 Å². The third kappa shape index (κ3) is 0.627. The fourth-order valence-corrected chi connectivity index (χ4v) is 3.18. The molecule has 2 bridgehead atoms. The van der Waals surface area contributed by atoms with Gasteiger partial charge in [0.1, 0.15) is 0 Å². The third-order valence-electron chi connectivity index (χ3n) is 4.20. The van der Waals surface area contributed by atoms with Crippen LogP contribution in [0, 0.1) is 23.2 Å². The Labute approximate surface area is 64.0 Å². The molecule has 0 radical (unpaired) electrons. The van der Waals surface area contributed by atoms with Crippen LogP contribution in [0.3, 0.4) is 0 Å². The molecule has 3 aliphatic rings. The van der Waals surface area contributed by atoms with E-state index in [1.807, 2.05) is 0 Å². The van der Waals surface area contributed by atoms with E-state index in [2.05, 4.69) is 20.8 Å². The number of rotatable bonds is 0. The highest BCUT2D eigenvalue weighted by molar-refractivity contribution is 5.01. The van der Waals surface area contributed by atoms with Crippen LogP contribution in [0.5, 0.6) is 0 Å². The molecule has 3 atom stereocenters. The molecule has 0 N–H and O–H groups in total. The second-order valence-electron chi connectivity index (χ2n) is 4.92. The molecule has 0 heterocycles. The summed E-state index contributed by atoms with van der Waals surface area (Å²) in [5.41, 5.74) is 0.706. The van der Waals surface area contributed by atoms with Gasteiger partial charge in [-0.1, -0.05) is 27.2 Å². The first kappa shape index (κ1) is 6.69. The minimum atomic E-state index is 0.706. The van der Waals surface area contributed by atoms with E-state index in [-0.39, 0.29) is 0 Å². The number of fused-ring (bicyclic) bond motifs is 2. The van der Waals surface area contributed by atoms with E-state index in [1.165, 1.54) is 19.3 Å². The summed E-state index contributed by atoms with van der Waals surface area (Å²) in [6.07, 6.45) is 4.54. The molecule has 0 unspecified atom stereocenters. The van der Waals surface area contributed by atoms with Gasteiger partial charge in [-0.15, -0.1) is 0 Å². The van der Waals surface area contributed by atoms with Gasteiger partial charge in [-0.2, -0.15) is 0 Å². The standard InChI is InChI=1S/C10H18/c1-7-4-5-8-6-9(7)10(8,2)3/h7-9H,4-6H2,1-3H3/t7-,8+,9+/m1/s1. The van der Waals surface area contributed by atoms with Crippen molar-refractivity contribution < 1.29 is 0 Å². The maximum atomic E-state index is 2.46. The van der Waals surface area contributed by atoms with Gasteiger partial charge in [-0.3, -0.25) is 0 Å². The Hall–Kier alpha value is 0. The van der Waals surface area contributed by atoms with E-state index in [0.29, 0.717) is 5.41 Å². The van der Waals surface area contributed by atoms with Crippen molar-refractivity contribution in [1.29, 1.82) is 0 Å². The molecular weight excluding hydrogens is 120 g/mol. The van der Waals surface area contributed by atoms with Gasteiger partial charge in [-0.05, 0) is 36.0 Å². The molecule has 10 heavy (non-hydrogen) atoms. The number of hydrogen-bond donors (Lipinski definition) is 0. The van der Waals surface area contributed by atoms with Crippen LogP contribution in [0.4, 0.5) is 0 Å². The van der Waals surface area contributed by atoms with Crippen molar-refractivity contribution in [1.82, 2.24) is 0 Å². The predicted octanol–water partition coefficient (Wildman–Crippen LogP) is 3.08. The van der Waals surface area contributed by atoms with Crippen LogP contribution in [0.15, 0.2) is 0 Å². The molecule has 3 saturated carbocycles. The van der Waals surface area contributed by atoms with Crippen LogP contribution in [0.25, 0.3) is 0 Å². The molecule has 0 amide bonds. The molecule has 0 heteroatoms. The average molecular weight is 138 g/mol. The van der Waals surface area contributed by atoms with Crippen LogP contribution >= 0.6 is 0 Å². The van der Waals surface area contributed by atoms with Gasteiger partial charge < -0.3 is 0 Å². The Morgan fingerprint density at radius 2 is 1.90 bits per heavy atom. The highest BCUT2D eigenvalue weighted by Crippen LogP contribution is 2.61. The second kappa shape index (κ2) is 1.78. The molecule has 3 rings (SSSR count). The first-order valence-corrected chi connectivity index (χ1v) is 4.62. The largest absolute Gasteiger partial charge is 0.0622 e. The molecule has 58 valence electrons. The van der Waals surface area contributed by atoms with Gasteiger partial charge in [0.05, 0.1) is 0 Å². The quantitative estimate of drug-likeness (QED) is 0.482. The minimum absolute atomic E-state index is 0.706. The molecule has 3 aliphatic carbocycles. The average Bonchev–Trinajstić information content (AvgIpc) is 1.87. The van der Waals surface area contributed by atoms with E-state index in [1.54, 1.807) is 0 Å². The summed E-state index contributed by atoms with van der Waals surface area (Å²) in [5, 5.41) is 0. The zero-order chi connectivity index (χ0) is 7.35. The zero-order valence-electron chi connectivity index (χ0n) is 7.35. The predicted molar refractivity (Wildman–Crippen MR) is 43.8 cm³/mol. The van der Waals surface area contributed by atoms with Crippen molar-refractivity contribution >= 4 is 0 Å². The Balaban J connectivity index is 2.16. The first-order chi connectivity index (χ1) is 4.62. The van der Waals surface area contributed by atoms with Gasteiger partial charge in [0.15, 0.2) is 0 Å². The molecule has 3 fully saturated rings. The Morgan fingerprint density at radius 3 is 2.20 bits per heavy atom. The molecule has 0 aliphatic heterocycles. The SMILES string of the molecule is C[C@@H]1CC[C@H]2C[C@@H]1C2(C)C. The Kier molecular flexibility index (Phi) is 1.19. The summed E-state index contributed by atoms with van der Waals surface area (Å²) in [7, 11) is 0. The summed E-state index contributed by atoms with van der Waals surface area (Å²) in [6.45, 7) is 7.35. The van der Waals surface area contributed by atoms with E-state index < -0.39 is 0 Å². The monoisotopic (exact) mass is 138 g/mol. The van der Waals surface area contributed by atoms with Crippen LogP contribution in [-0.4, -0.2) is 0 Å². The van der Waals surface area contributed by atoms with E-state index in [0.717, 1.165) is 17.8 Å². The van der Waals surface area contributed by atoms with E-state index in [9.17, 15) is 0 Å². The van der Waals surface area contributed by atoms with Gasteiger partial charge >= 0.3 is 0 Å². The van der Waals surface area contributed by atoms with Gasteiger partial charge in [0, 0.05) is 0 Å². The molecule has 0 spiro atoms. The van der Waals surface area contributed by atoms with Crippen molar-refractivity contribution in [2.75, 3.05) is 0 Å². The van der Waals surface area contributed by atoms with E-state index >= 15 is 0 Å². The summed E-state index contributed by atoms with van der Waals surface area (Å²) < 4.78 is 0. The van der Waals surface area contributed by atoms with Crippen molar-refractivity contribution in [3.8, 4) is 0 Å². The number of hydrogen-bond acceptors (Lipinski definition) is 0. The van der Waals surface area contributed by atoms with Crippen molar-refractivity contribution in [2.24, 2.45) is 23.2 Å². The lowest BCUT2D eigenvalue weighted by Crippen LogP contribution is -2.51. The summed E-state index contributed by atoms with van der Waals surface area (Å²) in [5.74, 6) is 3.15. The van der Waals surface area contributed by atoms with Gasteiger partial charge in [0.2, 0.25) is 0 Å². The Morgan fingerprint density at radius 1 is 1.20 bits per heavy atom. The normalized spacial score (nSPS) is 50.1. The highest BCUT2D eigenvalue weighted by atomic mass is 14.6. The lowest BCUT2D eigenvalue weighted by atomic mass is 9.46. The summed E-state index contributed by atoms with van der Waals surface area (Å²) in [6, 6.07) is 0. The Bertz CT molecular complexity index is 144. The van der Waals surface area contributed by atoms with Crippen LogP contribution < -0.4 is 0 Å². The fraction of sp³-hybridized carbons (Fsp3) is 1.00. The molecule has 0 saturated heterocycles. The summed E-state index contributed by atoms with van der Waals surface area (Å²) in [4.78, 5) is 0. The lowest BCUT2D eigenvalue weighted by Gasteiger charge is -2.59. The van der Waals surface area contributed by atoms with Crippen molar-refractivity contribution in [3.05, 3.63) is 0 Å². The van der Waals surface area contributed by atoms with Crippen LogP contribution in [0.1, 0.15) is 40.0 Å². The molecule has 0 aromatic rings. The fourth-order valence-electron chi connectivity index (χ4n) is 3.18.